The van der Waals surface area contributed by atoms with Crippen LogP contribution in [-0.2, 0) is 19.1 Å². The lowest BCUT2D eigenvalue weighted by Crippen LogP contribution is -2.60. The fourth-order valence-corrected chi connectivity index (χ4v) is 3.92. The van der Waals surface area contributed by atoms with Crippen LogP contribution in [0.3, 0.4) is 0 Å². The number of esters is 1. The first kappa shape index (κ1) is 27.8. The van der Waals surface area contributed by atoms with Gasteiger partial charge in [-0.2, -0.15) is 0 Å². The summed E-state index contributed by atoms with van der Waals surface area (Å²) in [6.45, 7) is -0.664. The van der Waals surface area contributed by atoms with E-state index in [4.69, 9.17) is 19.3 Å². The average Bonchev–Trinajstić information content (AvgIpc) is 2.82. The Morgan fingerprint density at radius 2 is 1.75 bits per heavy atom. The number of ether oxygens (including phenoxy) is 3. The first-order chi connectivity index (χ1) is 16.9. The monoisotopic (exact) mass is 516 g/mol. The predicted octanol–water partition coefficient (Wildman–Crippen LogP) is -3.17. The molecule has 9 N–H and O–H groups in total. The molecule has 2 fully saturated rings. The van der Waals surface area contributed by atoms with Gasteiger partial charge >= 0.3 is 11.9 Å². The Bertz CT molecular complexity index is 979. The molecule has 0 spiro atoms. The normalized spacial score (nSPS) is 37.0. The Morgan fingerprint density at radius 1 is 1.06 bits per heavy atom. The Kier molecular flexibility index (Phi) is 8.53. The van der Waals surface area contributed by atoms with Crippen LogP contribution in [0.2, 0.25) is 0 Å². The highest BCUT2D eigenvalue weighted by Gasteiger charge is 2.50. The van der Waals surface area contributed by atoms with Crippen LogP contribution in [0.15, 0.2) is 24.3 Å². The number of phenols is 1. The predicted molar refractivity (Wildman–Crippen MR) is 115 cm³/mol. The van der Waals surface area contributed by atoms with E-state index >= 15 is 0 Å². The Balaban J connectivity index is 1.63. The molecule has 0 amide bonds. The van der Waals surface area contributed by atoms with Crippen LogP contribution in [0.25, 0.3) is 6.08 Å². The minimum absolute atomic E-state index is 0.189. The molecule has 1 saturated carbocycles. The first-order valence-corrected chi connectivity index (χ1v) is 10.9. The zero-order valence-corrected chi connectivity index (χ0v) is 18.7. The molecular formula is C22H28O14. The Hall–Kier alpha value is -2.82. The molecule has 9 atom stereocenters. The summed E-state index contributed by atoms with van der Waals surface area (Å²) in [5.41, 5.74) is -2.12. The van der Waals surface area contributed by atoms with Crippen molar-refractivity contribution in [3.8, 4) is 11.5 Å². The zero-order chi connectivity index (χ0) is 26.8. The van der Waals surface area contributed by atoms with Gasteiger partial charge in [0.25, 0.3) is 0 Å². The fourth-order valence-electron chi connectivity index (χ4n) is 3.92. The van der Waals surface area contributed by atoms with Gasteiger partial charge in [0.1, 0.15) is 36.6 Å². The van der Waals surface area contributed by atoms with Crippen LogP contribution in [0.4, 0.5) is 0 Å². The van der Waals surface area contributed by atoms with E-state index in [9.17, 15) is 50.4 Å². The largest absolute Gasteiger partial charge is 0.504 e. The molecular weight excluding hydrogens is 488 g/mol. The van der Waals surface area contributed by atoms with Crippen molar-refractivity contribution in [1.29, 1.82) is 0 Å². The number of aliphatic hydroxyl groups is 7. The molecule has 0 aromatic heterocycles. The van der Waals surface area contributed by atoms with Crippen LogP contribution in [0.5, 0.6) is 11.5 Å². The van der Waals surface area contributed by atoms with Gasteiger partial charge in [-0.3, -0.25) is 0 Å². The summed E-state index contributed by atoms with van der Waals surface area (Å²) in [6, 6.07) is 3.78. The minimum Gasteiger partial charge on any atom is -0.504 e. The lowest BCUT2D eigenvalue weighted by molar-refractivity contribution is -0.277. The molecule has 1 aromatic carbocycles. The number of aliphatic hydroxyl groups excluding tert-OH is 6. The standard InChI is InChI=1S/C22H28O14/c23-8-14-17(28)18(29)19(30)20(36-14)35-12-3-1-9(5-10(12)24)2-4-15(26)34-13-7-22(33,21(31)32)6-11(25)16(13)27/h1-5,11,13-14,16-20,23-25,27-30,33H,6-8H2,(H,31,32)/t11-,13-,14-,16-,17-,18+,19-,20?,22+/m1/s1. The number of carboxylic acid groups (broad SMARTS) is 1. The highest BCUT2D eigenvalue weighted by molar-refractivity contribution is 5.87. The minimum atomic E-state index is -2.38. The second kappa shape index (κ2) is 11.1. The molecule has 36 heavy (non-hydrogen) atoms. The average molecular weight is 516 g/mol. The fraction of sp³-hybridized carbons (Fsp3) is 0.545. The second-order valence-corrected chi connectivity index (χ2v) is 8.65. The van der Waals surface area contributed by atoms with E-state index in [0.29, 0.717) is 0 Å². The lowest BCUT2D eigenvalue weighted by atomic mass is 9.79. The third-order valence-electron chi connectivity index (χ3n) is 6.01. The quantitative estimate of drug-likeness (QED) is 0.128. The van der Waals surface area contributed by atoms with E-state index in [1.54, 1.807) is 0 Å². The molecule has 2 aliphatic rings. The van der Waals surface area contributed by atoms with Crippen molar-refractivity contribution in [1.82, 2.24) is 0 Å². The smallest absolute Gasteiger partial charge is 0.335 e. The zero-order valence-electron chi connectivity index (χ0n) is 18.7. The maximum atomic E-state index is 12.2. The molecule has 200 valence electrons. The third kappa shape index (κ3) is 5.93. The molecule has 1 aliphatic carbocycles. The van der Waals surface area contributed by atoms with E-state index in [2.05, 4.69) is 0 Å². The number of aromatic hydroxyl groups is 1. The molecule has 1 saturated heterocycles. The first-order valence-electron chi connectivity index (χ1n) is 10.9. The number of phenolic OH excluding ortho intramolecular Hbond substituents is 1. The Morgan fingerprint density at radius 3 is 2.36 bits per heavy atom. The summed E-state index contributed by atoms with van der Waals surface area (Å²) < 4.78 is 15.5. The highest BCUT2D eigenvalue weighted by Crippen LogP contribution is 2.33. The van der Waals surface area contributed by atoms with E-state index in [-0.39, 0.29) is 11.3 Å². The van der Waals surface area contributed by atoms with Crippen molar-refractivity contribution in [2.45, 2.75) is 67.5 Å². The van der Waals surface area contributed by atoms with Crippen molar-refractivity contribution < 1.29 is 69.8 Å². The number of carbonyl (C=O) groups excluding carboxylic acids is 1. The molecule has 1 unspecified atom stereocenters. The van der Waals surface area contributed by atoms with E-state index in [0.717, 1.165) is 12.1 Å². The van der Waals surface area contributed by atoms with Crippen molar-refractivity contribution in [3.05, 3.63) is 29.8 Å². The molecule has 0 radical (unpaired) electrons. The maximum Gasteiger partial charge on any atom is 0.335 e. The van der Waals surface area contributed by atoms with Crippen LogP contribution in [0, 0.1) is 0 Å². The van der Waals surface area contributed by atoms with Gasteiger partial charge in [-0.15, -0.1) is 0 Å². The number of carbonyl (C=O) groups is 2. The van der Waals surface area contributed by atoms with Gasteiger partial charge in [-0.25, -0.2) is 9.59 Å². The van der Waals surface area contributed by atoms with Crippen molar-refractivity contribution >= 4 is 18.0 Å². The molecule has 0 bridgehead atoms. The summed E-state index contributed by atoms with van der Waals surface area (Å²) in [7, 11) is 0. The molecule has 1 aromatic rings. The third-order valence-corrected chi connectivity index (χ3v) is 6.01. The number of hydrogen-bond donors (Lipinski definition) is 9. The SMILES string of the molecule is O=C(C=Cc1ccc(OC2O[C@H](CO)[C@@H](O)[C@H](O)[C@H]2O)c(O)c1)O[C@@H]1C[C@](O)(C(=O)O)C[C@@H](O)[C@H]1O. The summed E-state index contributed by atoms with van der Waals surface area (Å²) in [4.78, 5) is 23.4. The van der Waals surface area contributed by atoms with E-state index in [1.165, 1.54) is 18.2 Å². The van der Waals surface area contributed by atoms with Crippen LogP contribution in [-0.4, -0.2) is 119 Å². The van der Waals surface area contributed by atoms with Crippen molar-refractivity contribution in [3.63, 3.8) is 0 Å². The van der Waals surface area contributed by atoms with Crippen LogP contribution in [0.1, 0.15) is 18.4 Å². The van der Waals surface area contributed by atoms with Gasteiger partial charge in [-0.05, 0) is 23.8 Å². The van der Waals surface area contributed by atoms with E-state index < -0.39 is 91.8 Å². The van der Waals surface area contributed by atoms with Gasteiger partial charge in [-0.1, -0.05) is 6.07 Å². The van der Waals surface area contributed by atoms with Gasteiger partial charge in [0.05, 0.1) is 12.7 Å². The van der Waals surface area contributed by atoms with Gasteiger partial charge < -0.3 is 60.2 Å². The molecule has 1 heterocycles. The molecule has 1 aliphatic heterocycles. The van der Waals surface area contributed by atoms with Crippen molar-refractivity contribution in [2.24, 2.45) is 0 Å². The van der Waals surface area contributed by atoms with Gasteiger partial charge in [0, 0.05) is 18.9 Å². The number of rotatable bonds is 7. The summed E-state index contributed by atoms with van der Waals surface area (Å²) >= 11 is 0. The number of benzene rings is 1. The summed E-state index contributed by atoms with van der Waals surface area (Å²) in [5, 5.41) is 88.2. The Labute approximate surface area is 203 Å². The van der Waals surface area contributed by atoms with Gasteiger partial charge in [0.2, 0.25) is 6.29 Å². The van der Waals surface area contributed by atoms with Crippen LogP contribution >= 0.6 is 0 Å². The number of carboxylic acids is 1. The molecule has 14 heteroatoms. The van der Waals surface area contributed by atoms with Crippen molar-refractivity contribution in [2.75, 3.05) is 6.61 Å². The number of hydrogen-bond acceptors (Lipinski definition) is 13. The second-order valence-electron chi connectivity index (χ2n) is 8.65. The van der Waals surface area contributed by atoms with Gasteiger partial charge in [0.15, 0.2) is 17.1 Å². The molecule has 3 rings (SSSR count). The topological polar surface area (TPSA) is 244 Å². The summed E-state index contributed by atoms with van der Waals surface area (Å²) in [6.07, 6.45) is -11.6. The van der Waals surface area contributed by atoms with Crippen LogP contribution < -0.4 is 4.74 Å². The maximum absolute atomic E-state index is 12.2. The summed E-state index contributed by atoms with van der Waals surface area (Å²) in [5.74, 6) is -3.31. The lowest BCUT2D eigenvalue weighted by Gasteiger charge is -2.39. The number of aliphatic carboxylic acids is 1. The van der Waals surface area contributed by atoms with E-state index in [1.807, 2.05) is 0 Å². The highest BCUT2D eigenvalue weighted by atomic mass is 16.7. The molecule has 14 nitrogen and oxygen atoms in total.